The van der Waals surface area contributed by atoms with E-state index in [1.54, 1.807) is 12.1 Å². The van der Waals surface area contributed by atoms with Crippen LogP contribution in [-0.2, 0) is 0 Å². The smallest absolute Gasteiger partial charge is 0.350 e. The first-order valence-electron chi connectivity index (χ1n) is 7.51. The summed E-state index contributed by atoms with van der Waals surface area (Å²) in [6.07, 6.45) is 1.46. The Balaban J connectivity index is 2.07. The Hall–Kier alpha value is -3.68. The summed E-state index contributed by atoms with van der Waals surface area (Å²) in [5.41, 5.74) is 0.0218. The normalized spacial score (nSPS) is 10.4. The van der Waals surface area contributed by atoms with E-state index in [9.17, 15) is 14.9 Å². The number of nitrogens with zero attached hydrogens (tertiary/aromatic N) is 2. The lowest BCUT2D eigenvalue weighted by molar-refractivity contribution is -0.385. The number of ether oxygens (including phenoxy) is 3. The van der Waals surface area contributed by atoms with Crippen molar-refractivity contribution in [2.45, 2.75) is 0 Å². The van der Waals surface area contributed by atoms with Crippen molar-refractivity contribution in [3.63, 3.8) is 0 Å². The van der Waals surface area contributed by atoms with Gasteiger partial charge in [-0.05, 0) is 6.07 Å². The van der Waals surface area contributed by atoms with E-state index in [0.717, 1.165) is 0 Å². The van der Waals surface area contributed by atoms with Gasteiger partial charge in [-0.3, -0.25) is 15.1 Å². The van der Waals surface area contributed by atoms with Crippen molar-refractivity contribution < 1.29 is 23.9 Å². The maximum Gasteiger partial charge on any atom is 0.350 e. The number of nitro benzene ring substituents is 1. The van der Waals surface area contributed by atoms with Crippen LogP contribution in [0, 0.1) is 10.1 Å². The van der Waals surface area contributed by atoms with E-state index >= 15 is 0 Å². The second-order valence-corrected chi connectivity index (χ2v) is 5.20. The minimum atomic E-state index is -0.845. The maximum atomic E-state index is 12.5. The maximum absolute atomic E-state index is 12.5. The molecule has 1 aromatic heterocycles. The molecule has 0 aliphatic rings. The van der Waals surface area contributed by atoms with Gasteiger partial charge in [-0.15, -0.1) is 0 Å². The molecule has 0 unspecified atom stereocenters. The highest BCUT2D eigenvalue weighted by Gasteiger charge is 2.22. The van der Waals surface area contributed by atoms with Crippen molar-refractivity contribution in [3.05, 3.63) is 64.3 Å². The molecule has 3 rings (SSSR count). The minimum absolute atomic E-state index is 0.144. The van der Waals surface area contributed by atoms with Crippen LogP contribution in [0.25, 0.3) is 10.9 Å². The number of rotatable bonds is 5. The highest BCUT2D eigenvalue weighted by Crippen LogP contribution is 2.36. The zero-order chi connectivity index (χ0) is 18.7. The molecule has 0 aliphatic carbocycles. The molecule has 0 fully saturated rings. The Morgan fingerprint density at radius 2 is 1.85 bits per heavy atom. The predicted octanol–water partition coefficient (Wildman–Crippen LogP) is 3.38. The summed E-state index contributed by atoms with van der Waals surface area (Å²) in [6, 6.07) is 10.4. The van der Waals surface area contributed by atoms with Crippen LogP contribution in [0.15, 0.2) is 48.7 Å². The minimum Gasteiger partial charge on any atom is -0.497 e. The summed E-state index contributed by atoms with van der Waals surface area (Å²) < 4.78 is 16.0. The number of nitro groups is 1. The van der Waals surface area contributed by atoms with Crippen LogP contribution in [0.5, 0.6) is 17.2 Å². The van der Waals surface area contributed by atoms with Crippen LogP contribution >= 0.6 is 0 Å². The van der Waals surface area contributed by atoms with Gasteiger partial charge >= 0.3 is 5.97 Å². The molecule has 0 N–H and O–H groups in total. The number of hydrogen-bond acceptors (Lipinski definition) is 7. The monoisotopic (exact) mass is 354 g/mol. The molecule has 0 saturated carbocycles. The van der Waals surface area contributed by atoms with Crippen molar-refractivity contribution in [2.24, 2.45) is 0 Å². The number of methoxy groups -OCH3 is 2. The van der Waals surface area contributed by atoms with Crippen LogP contribution in [0.4, 0.5) is 5.69 Å². The molecule has 0 atom stereocenters. The van der Waals surface area contributed by atoms with Crippen molar-refractivity contribution in [1.29, 1.82) is 0 Å². The molecule has 8 nitrogen and oxygen atoms in total. The summed E-state index contributed by atoms with van der Waals surface area (Å²) in [7, 11) is 2.98. The second kappa shape index (κ2) is 7.06. The first-order chi connectivity index (χ1) is 12.5. The van der Waals surface area contributed by atoms with Crippen molar-refractivity contribution in [2.75, 3.05) is 14.2 Å². The number of fused-ring (bicyclic) bond motifs is 1. The van der Waals surface area contributed by atoms with Gasteiger partial charge in [-0.2, -0.15) is 0 Å². The lowest BCUT2D eigenvalue weighted by Crippen LogP contribution is -2.11. The van der Waals surface area contributed by atoms with Gasteiger partial charge in [0.1, 0.15) is 22.8 Å². The SMILES string of the molecule is COc1cc(OC)c2c(OC(=O)c3ccccc3[N+](=O)[O-])ccnc2c1. The molecule has 0 bridgehead atoms. The van der Waals surface area contributed by atoms with E-state index < -0.39 is 10.9 Å². The van der Waals surface area contributed by atoms with Crippen LogP contribution in [0.3, 0.4) is 0 Å². The molecule has 1 heterocycles. The van der Waals surface area contributed by atoms with E-state index in [0.29, 0.717) is 22.4 Å². The molecule has 26 heavy (non-hydrogen) atoms. The van der Waals surface area contributed by atoms with E-state index in [4.69, 9.17) is 14.2 Å². The summed E-state index contributed by atoms with van der Waals surface area (Å²) in [4.78, 5) is 27.2. The number of esters is 1. The van der Waals surface area contributed by atoms with Crippen molar-refractivity contribution in [3.8, 4) is 17.2 Å². The fraction of sp³-hybridized carbons (Fsp3) is 0.111. The molecule has 3 aromatic rings. The number of para-hydroxylation sites is 1. The number of benzene rings is 2. The molecule has 8 heteroatoms. The topological polar surface area (TPSA) is 101 Å². The zero-order valence-electron chi connectivity index (χ0n) is 14.0. The molecule has 0 spiro atoms. The van der Waals surface area contributed by atoms with Gasteiger partial charge in [0.05, 0.1) is 30.0 Å². The van der Waals surface area contributed by atoms with E-state index in [1.807, 2.05) is 0 Å². The predicted molar refractivity (Wildman–Crippen MR) is 92.9 cm³/mol. The summed E-state index contributed by atoms with van der Waals surface area (Å²) in [5.74, 6) is 0.266. The van der Waals surface area contributed by atoms with Crippen molar-refractivity contribution >= 4 is 22.6 Å². The van der Waals surface area contributed by atoms with E-state index in [1.165, 1.54) is 50.7 Å². The number of hydrogen-bond donors (Lipinski definition) is 0. The Morgan fingerprint density at radius 1 is 1.08 bits per heavy atom. The van der Waals surface area contributed by atoms with Gasteiger partial charge in [-0.1, -0.05) is 12.1 Å². The Kier molecular flexibility index (Phi) is 4.66. The van der Waals surface area contributed by atoms with Crippen LogP contribution in [0.2, 0.25) is 0 Å². The molecule has 132 valence electrons. The third kappa shape index (κ3) is 3.12. The first kappa shape index (κ1) is 17.2. The molecule has 0 saturated heterocycles. The van der Waals surface area contributed by atoms with Gasteiger partial charge < -0.3 is 14.2 Å². The van der Waals surface area contributed by atoms with Crippen molar-refractivity contribution in [1.82, 2.24) is 4.98 Å². The largest absolute Gasteiger partial charge is 0.497 e. The second-order valence-electron chi connectivity index (χ2n) is 5.20. The number of carbonyl (C=O) groups excluding carboxylic acids is 1. The average Bonchev–Trinajstić information content (AvgIpc) is 2.67. The Morgan fingerprint density at radius 3 is 2.54 bits per heavy atom. The lowest BCUT2D eigenvalue weighted by Gasteiger charge is -2.12. The third-order valence-electron chi connectivity index (χ3n) is 3.72. The molecular formula is C18H14N2O6. The first-order valence-corrected chi connectivity index (χ1v) is 7.51. The van der Waals surface area contributed by atoms with Crippen LogP contribution < -0.4 is 14.2 Å². The number of aromatic nitrogens is 1. The molecule has 2 aromatic carbocycles. The molecule has 0 radical (unpaired) electrons. The Bertz CT molecular complexity index is 1000. The van der Waals surface area contributed by atoms with Gasteiger partial charge in [0.15, 0.2) is 0 Å². The van der Waals surface area contributed by atoms with Gasteiger partial charge in [0, 0.05) is 30.5 Å². The van der Waals surface area contributed by atoms with Gasteiger partial charge in [0.2, 0.25) is 0 Å². The highest BCUT2D eigenvalue weighted by atomic mass is 16.6. The van der Waals surface area contributed by atoms with Gasteiger partial charge in [-0.25, -0.2) is 4.79 Å². The Labute approximate surface area is 148 Å². The van der Waals surface area contributed by atoms with Crippen LogP contribution in [-0.4, -0.2) is 30.1 Å². The molecular weight excluding hydrogens is 340 g/mol. The molecule has 0 aliphatic heterocycles. The zero-order valence-corrected chi connectivity index (χ0v) is 14.0. The fourth-order valence-corrected chi connectivity index (χ4v) is 2.52. The standard InChI is InChI=1S/C18H14N2O6/c1-24-11-9-13-17(16(10-11)25-2)15(7-8-19-13)26-18(21)12-5-3-4-6-14(12)20(22)23/h3-10H,1-2H3. The summed E-state index contributed by atoms with van der Waals surface area (Å²) in [6.45, 7) is 0. The lowest BCUT2D eigenvalue weighted by atomic mass is 10.1. The van der Waals surface area contributed by atoms with E-state index in [-0.39, 0.29) is 17.0 Å². The third-order valence-corrected chi connectivity index (χ3v) is 3.72. The molecule has 0 amide bonds. The van der Waals surface area contributed by atoms with Gasteiger partial charge in [0.25, 0.3) is 5.69 Å². The van der Waals surface area contributed by atoms with Crippen LogP contribution in [0.1, 0.15) is 10.4 Å². The van der Waals surface area contributed by atoms with E-state index in [2.05, 4.69) is 4.98 Å². The fourth-order valence-electron chi connectivity index (χ4n) is 2.52. The average molecular weight is 354 g/mol. The number of carbonyl (C=O) groups is 1. The highest BCUT2D eigenvalue weighted by molar-refractivity contribution is 5.99. The summed E-state index contributed by atoms with van der Waals surface area (Å²) >= 11 is 0. The summed E-state index contributed by atoms with van der Waals surface area (Å²) in [5, 5.41) is 11.6. The quantitative estimate of drug-likeness (QED) is 0.393. The number of pyridine rings is 1.